The van der Waals surface area contributed by atoms with Crippen molar-refractivity contribution in [3.63, 3.8) is 0 Å². The molecule has 128 valence electrons. The summed E-state index contributed by atoms with van der Waals surface area (Å²) in [6.07, 6.45) is 15.5. The van der Waals surface area contributed by atoms with Gasteiger partial charge in [0, 0.05) is 11.2 Å². The van der Waals surface area contributed by atoms with Crippen LogP contribution in [0.4, 0.5) is 0 Å². The van der Waals surface area contributed by atoms with Gasteiger partial charge in [0.05, 0.1) is 0 Å². The molecule has 4 heteroatoms. The summed E-state index contributed by atoms with van der Waals surface area (Å²) in [6, 6.07) is 10.9. The van der Waals surface area contributed by atoms with Crippen LogP contribution in [0, 0.1) is 0 Å². The van der Waals surface area contributed by atoms with E-state index in [4.69, 9.17) is 8.76 Å². The van der Waals surface area contributed by atoms with E-state index >= 15 is 0 Å². The van der Waals surface area contributed by atoms with E-state index in [1.165, 1.54) is 76.2 Å². The van der Waals surface area contributed by atoms with E-state index in [-0.39, 0.29) is 0 Å². The highest BCUT2D eigenvalue weighted by molar-refractivity contribution is 8.18. The predicted molar refractivity (Wildman–Crippen MR) is 102 cm³/mol. The Hall–Kier alpha value is -0.450. The van der Waals surface area contributed by atoms with Crippen LogP contribution in [0.5, 0.6) is 0 Å². The van der Waals surface area contributed by atoms with Gasteiger partial charge in [-0.3, -0.25) is 0 Å². The standard InChI is InChI=1S/C18H30.H2O2S2/c1-2-3-4-5-6-7-8-9-10-12-15-18-16-13-11-14-17-18;1-4(2)3/h11,13-14,16-17H,2-10,12,15H2,1H3;4H,(H,1,2,3). The second kappa shape index (κ2) is 16.9. The Bertz CT molecular complexity index is 395. The second-order valence-electron chi connectivity index (χ2n) is 5.66. The number of thiol groups is 1. The average molecular weight is 345 g/mol. The third-order valence-corrected chi connectivity index (χ3v) is 3.66. The van der Waals surface area contributed by atoms with Gasteiger partial charge in [-0.1, -0.05) is 95.0 Å². The number of aryl methyl sites for hydroxylation is 1. The molecule has 2 nitrogen and oxygen atoms in total. The molecule has 0 radical (unpaired) electrons. The van der Waals surface area contributed by atoms with Crippen LogP contribution in [0.1, 0.15) is 76.7 Å². The molecule has 1 aromatic carbocycles. The second-order valence-corrected chi connectivity index (χ2v) is 7.07. The predicted octanol–water partition coefficient (Wildman–Crippen LogP) is 5.55. The molecule has 0 aliphatic carbocycles. The number of hydrogen-bond donors (Lipinski definition) is 2. The van der Waals surface area contributed by atoms with Gasteiger partial charge in [-0.25, -0.2) is 4.21 Å². The van der Waals surface area contributed by atoms with Crippen LogP contribution in [0.25, 0.3) is 0 Å². The Morgan fingerprint density at radius 2 is 1.27 bits per heavy atom. The zero-order chi connectivity index (χ0) is 16.5. The summed E-state index contributed by atoms with van der Waals surface area (Å²) in [5.41, 5.74) is 1.50. The number of rotatable bonds is 11. The van der Waals surface area contributed by atoms with Gasteiger partial charge in [-0.05, 0) is 18.4 Å². The Kier molecular flexibility index (Phi) is 16.6. The van der Waals surface area contributed by atoms with Crippen molar-refractivity contribution in [2.24, 2.45) is 0 Å². The van der Waals surface area contributed by atoms with Crippen LogP contribution >= 0.6 is 0 Å². The van der Waals surface area contributed by atoms with Gasteiger partial charge >= 0.3 is 0 Å². The maximum atomic E-state index is 8.96. The lowest BCUT2D eigenvalue weighted by molar-refractivity contribution is 0.556. The van der Waals surface area contributed by atoms with Crippen LogP contribution in [0.2, 0.25) is 0 Å². The smallest absolute Gasteiger partial charge is 0.130 e. The maximum absolute atomic E-state index is 8.96. The first-order valence-corrected chi connectivity index (χ1v) is 10.8. The van der Waals surface area contributed by atoms with E-state index in [0.29, 0.717) is 0 Å². The third kappa shape index (κ3) is 17.6. The number of hydrogen-bond acceptors (Lipinski definition) is 2. The first-order chi connectivity index (χ1) is 10.7. The van der Waals surface area contributed by atoms with E-state index in [2.05, 4.69) is 48.4 Å². The van der Waals surface area contributed by atoms with E-state index in [1.54, 1.807) is 0 Å². The van der Waals surface area contributed by atoms with Gasteiger partial charge in [-0.15, -0.1) is 0 Å². The molecular formula is C18H32O2S2. The van der Waals surface area contributed by atoms with Crippen molar-refractivity contribution < 1.29 is 8.76 Å². The molecule has 0 amide bonds. The quantitative estimate of drug-likeness (QED) is 0.408. The lowest BCUT2D eigenvalue weighted by Gasteiger charge is -2.03. The normalized spacial score (nSPS) is 11.5. The van der Waals surface area contributed by atoms with Gasteiger partial charge in [0.15, 0.2) is 0 Å². The molecule has 0 bridgehead atoms. The molecule has 1 atom stereocenters. The summed E-state index contributed by atoms with van der Waals surface area (Å²) in [5.74, 6) is 0. The van der Waals surface area contributed by atoms with Crippen molar-refractivity contribution in [3.8, 4) is 0 Å². The molecule has 0 saturated carbocycles. The highest BCUT2D eigenvalue weighted by Gasteiger charge is 1.94. The Morgan fingerprint density at radius 1 is 0.864 bits per heavy atom. The van der Waals surface area contributed by atoms with Gasteiger partial charge in [0.2, 0.25) is 0 Å². The van der Waals surface area contributed by atoms with Gasteiger partial charge < -0.3 is 4.55 Å². The molecule has 1 aromatic rings. The lowest BCUT2D eigenvalue weighted by Crippen LogP contribution is -1.86. The molecular weight excluding hydrogens is 312 g/mol. The van der Waals surface area contributed by atoms with E-state index in [1.807, 2.05) is 0 Å². The molecule has 1 N–H and O–H groups in total. The molecule has 0 aromatic heterocycles. The van der Waals surface area contributed by atoms with Crippen molar-refractivity contribution in [1.82, 2.24) is 0 Å². The zero-order valence-corrected chi connectivity index (χ0v) is 15.6. The fourth-order valence-electron chi connectivity index (χ4n) is 2.46. The van der Waals surface area contributed by atoms with Crippen LogP contribution in [-0.2, 0) is 27.2 Å². The van der Waals surface area contributed by atoms with Crippen LogP contribution in [0.3, 0.4) is 0 Å². The van der Waals surface area contributed by atoms with E-state index in [0.717, 1.165) is 0 Å². The molecule has 1 unspecified atom stereocenters. The molecule has 0 fully saturated rings. The van der Waals surface area contributed by atoms with Crippen molar-refractivity contribution >= 4 is 20.8 Å². The Labute approximate surface area is 143 Å². The van der Waals surface area contributed by atoms with Crippen LogP contribution in [-0.4, -0.2) is 8.76 Å². The van der Waals surface area contributed by atoms with E-state index in [9.17, 15) is 0 Å². The van der Waals surface area contributed by atoms with Crippen LogP contribution < -0.4 is 0 Å². The molecule has 0 aliphatic heterocycles. The molecule has 0 heterocycles. The van der Waals surface area contributed by atoms with E-state index < -0.39 is 9.64 Å². The maximum Gasteiger partial charge on any atom is 0.130 e. The topological polar surface area (TPSA) is 37.3 Å². The zero-order valence-electron chi connectivity index (χ0n) is 13.9. The minimum atomic E-state index is -2.29. The molecule has 0 saturated heterocycles. The fraction of sp³-hybridized carbons (Fsp3) is 0.667. The largest absolute Gasteiger partial charge is 0.308 e. The van der Waals surface area contributed by atoms with Gasteiger partial charge in [0.25, 0.3) is 0 Å². The summed E-state index contributed by atoms with van der Waals surface area (Å²) >= 11 is 3.69. The van der Waals surface area contributed by atoms with Crippen molar-refractivity contribution in [2.45, 2.75) is 77.6 Å². The van der Waals surface area contributed by atoms with Gasteiger partial charge in [0.1, 0.15) is 9.64 Å². The third-order valence-electron chi connectivity index (χ3n) is 3.66. The first kappa shape index (κ1) is 21.6. The summed E-state index contributed by atoms with van der Waals surface area (Å²) in [5, 5.41) is 0. The first-order valence-electron chi connectivity index (χ1n) is 8.54. The molecule has 0 spiro atoms. The SMILES string of the molecule is CCCCCCCCCCCCc1ccccc1.O=[SH](O)=S. The highest BCUT2D eigenvalue weighted by Crippen LogP contribution is 2.12. The minimum absolute atomic E-state index is 1.26. The molecule has 1 rings (SSSR count). The Balaban J connectivity index is 0.000000980. The average Bonchev–Trinajstić information content (AvgIpc) is 2.50. The van der Waals surface area contributed by atoms with Gasteiger partial charge in [-0.2, -0.15) is 0 Å². The minimum Gasteiger partial charge on any atom is -0.308 e. The summed E-state index contributed by atoms with van der Waals surface area (Å²) < 4.78 is 16.3. The molecule has 0 aliphatic rings. The number of benzene rings is 1. The van der Waals surface area contributed by atoms with Crippen LogP contribution in [0.15, 0.2) is 30.3 Å². The summed E-state index contributed by atoms with van der Waals surface area (Å²) in [4.78, 5) is 0. The van der Waals surface area contributed by atoms with Crippen molar-refractivity contribution in [1.29, 1.82) is 0 Å². The van der Waals surface area contributed by atoms with Crippen molar-refractivity contribution in [3.05, 3.63) is 35.9 Å². The number of unbranched alkanes of at least 4 members (excludes halogenated alkanes) is 9. The summed E-state index contributed by atoms with van der Waals surface area (Å²) in [7, 11) is -2.29. The fourth-order valence-corrected chi connectivity index (χ4v) is 2.46. The van der Waals surface area contributed by atoms with Crippen molar-refractivity contribution in [2.75, 3.05) is 0 Å². The summed E-state index contributed by atoms with van der Waals surface area (Å²) in [6.45, 7) is 2.28. The monoisotopic (exact) mass is 344 g/mol. The Morgan fingerprint density at radius 3 is 1.73 bits per heavy atom. The highest BCUT2D eigenvalue weighted by atomic mass is 32.8. The molecule has 22 heavy (non-hydrogen) atoms. The lowest BCUT2D eigenvalue weighted by atomic mass is 10.0.